The highest BCUT2D eigenvalue weighted by atomic mass is 19.1. The number of carbonyl (C=O) groups is 3. The molecule has 0 bridgehead atoms. The van der Waals surface area contributed by atoms with Crippen LogP contribution < -0.4 is 0 Å². The number of alkyl halides is 1. The predicted octanol–water partition coefficient (Wildman–Crippen LogP) is 2.25. The molecule has 2 aromatic rings. The fourth-order valence-electron chi connectivity index (χ4n) is 2.76. The van der Waals surface area contributed by atoms with E-state index in [-0.39, 0.29) is 35.5 Å². The maximum Gasteiger partial charge on any atom is 0.363 e. The van der Waals surface area contributed by atoms with Crippen molar-refractivity contribution < 1.29 is 28.3 Å². The molecular weight excluding hydrogens is 329 g/mol. The normalized spacial score (nSPS) is 17.9. The molecule has 0 aromatic heterocycles. The van der Waals surface area contributed by atoms with Gasteiger partial charge in [-0.15, -0.1) is 0 Å². The highest BCUT2D eigenvalue weighted by Gasteiger charge is 2.42. The van der Waals surface area contributed by atoms with Crippen molar-refractivity contribution in [2.45, 2.75) is 5.67 Å². The summed E-state index contributed by atoms with van der Waals surface area (Å²) in [5.74, 6) is -2.33. The Kier molecular flexibility index (Phi) is 3.40. The highest BCUT2D eigenvalue weighted by molar-refractivity contribution is 6.21. The summed E-state index contributed by atoms with van der Waals surface area (Å²) in [5, 5.41) is 0.428. The van der Waals surface area contributed by atoms with E-state index in [2.05, 4.69) is 0 Å². The monoisotopic (exact) mass is 341 g/mol. The van der Waals surface area contributed by atoms with Crippen LogP contribution >= 0.6 is 0 Å². The van der Waals surface area contributed by atoms with Gasteiger partial charge in [0, 0.05) is 0 Å². The zero-order valence-electron chi connectivity index (χ0n) is 12.9. The Morgan fingerprint density at radius 1 is 1.04 bits per heavy atom. The van der Waals surface area contributed by atoms with Gasteiger partial charge >= 0.3 is 5.97 Å². The zero-order valence-corrected chi connectivity index (χ0v) is 12.9. The average Bonchev–Trinajstić information content (AvgIpc) is 2.85. The molecule has 0 aliphatic carbocycles. The van der Waals surface area contributed by atoms with Crippen LogP contribution in [0.5, 0.6) is 0 Å². The van der Waals surface area contributed by atoms with Gasteiger partial charge in [-0.2, -0.15) is 0 Å². The molecule has 1 fully saturated rings. The zero-order chi connectivity index (χ0) is 17.6. The Labute approximate surface area is 141 Å². The second-order valence-electron chi connectivity index (χ2n) is 5.87. The lowest BCUT2D eigenvalue weighted by Crippen LogP contribution is -2.42. The molecule has 0 spiro atoms. The van der Waals surface area contributed by atoms with Crippen molar-refractivity contribution >= 4 is 17.8 Å². The fraction of sp³-hybridized carbons (Fsp3) is 0.167. The van der Waals surface area contributed by atoms with Crippen LogP contribution in [-0.4, -0.2) is 36.1 Å². The third kappa shape index (κ3) is 2.40. The summed E-state index contributed by atoms with van der Waals surface area (Å²) < 4.78 is 19.3. The van der Waals surface area contributed by atoms with E-state index in [4.69, 9.17) is 9.57 Å². The number of amides is 2. The Hall–Kier alpha value is -3.06. The van der Waals surface area contributed by atoms with Crippen LogP contribution in [-0.2, 0) is 15.2 Å². The summed E-state index contributed by atoms with van der Waals surface area (Å²) in [6, 6.07) is 12.0. The molecular formula is C18H12FNO5. The molecule has 6 nitrogen and oxygen atoms in total. The number of fused-ring (bicyclic) bond motifs is 1. The van der Waals surface area contributed by atoms with Crippen molar-refractivity contribution in [2.24, 2.45) is 0 Å². The first-order chi connectivity index (χ1) is 12.0. The van der Waals surface area contributed by atoms with Crippen LogP contribution in [0.25, 0.3) is 0 Å². The largest absolute Gasteiger partial charge is 0.374 e. The maximum atomic E-state index is 14.4. The summed E-state index contributed by atoms with van der Waals surface area (Å²) in [6.45, 7) is -0.159. The van der Waals surface area contributed by atoms with Crippen molar-refractivity contribution in [3.63, 3.8) is 0 Å². The first kappa shape index (κ1) is 15.5. The number of hydrogen-bond donors (Lipinski definition) is 0. The number of hydrogen-bond acceptors (Lipinski definition) is 5. The van der Waals surface area contributed by atoms with E-state index in [0.717, 1.165) is 0 Å². The van der Waals surface area contributed by atoms with Gasteiger partial charge in [-0.3, -0.25) is 9.59 Å². The summed E-state index contributed by atoms with van der Waals surface area (Å²) in [4.78, 5) is 41.7. The first-order valence-corrected chi connectivity index (χ1v) is 7.57. The number of ether oxygens (including phenoxy) is 1. The molecule has 126 valence electrons. The molecule has 7 heteroatoms. The van der Waals surface area contributed by atoms with Gasteiger partial charge in [-0.25, -0.2) is 9.18 Å². The second kappa shape index (κ2) is 5.49. The second-order valence-corrected chi connectivity index (χ2v) is 5.87. The van der Waals surface area contributed by atoms with Crippen LogP contribution in [0.3, 0.4) is 0 Å². The Balaban J connectivity index is 1.56. The van der Waals surface area contributed by atoms with E-state index < -0.39 is 23.5 Å². The Morgan fingerprint density at radius 3 is 2.24 bits per heavy atom. The standard InChI is InChI=1S/C18H12FNO5/c19-18(9-24-10-18)12-5-3-4-11(8-12)17(23)25-20-15(21)13-6-1-2-7-14(13)16(20)22/h1-8H,9-10H2. The smallest absolute Gasteiger partial charge is 0.363 e. The molecule has 0 saturated carbocycles. The number of benzene rings is 2. The molecule has 0 radical (unpaired) electrons. The van der Waals surface area contributed by atoms with Crippen molar-refractivity contribution in [3.8, 4) is 0 Å². The van der Waals surface area contributed by atoms with E-state index in [1.165, 1.54) is 30.3 Å². The van der Waals surface area contributed by atoms with E-state index in [9.17, 15) is 18.8 Å². The average molecular weight is 341 g/mol. The SMILES string of the molecule is O=C(ON1C(=O)c2ccccc2C1=O)c1cccc(C2(F)COC2)c1. The molecule has 2 heterocycles. The van der Waals surface area contributed by atoms with Crippen molar-refractivity contribution in [3.05, 3.63) is 70.8 Å². The number of imide groups is 1. The molecule has 25 heavy (non-hydrogen) atoms. The van der Waals surface area contributed by atoms with E-state index in [1.807, 2.05) is 0 Å². The third-order valence-corrected chi connectivity index (χ3v) is 4.21. The van der Waals surface area contributed by atoms with E-state index >= 15 is 0 Å². The molecule has 2 aliphatic heterocycles. The van der Waals surface area contributed by atoms with Gasteiger partial charge in [0.1, 0.15) is 0 Å². The summed E-state index contributed by atoms with van der Waals surface area (Å²) >= 11 is 0. The van der Waals surface area contributed by atoms with Gasteiger partial charge < -0.3 is 9.57 Å². The topological polar surface area (TPSA) is 72.9 Å². The van der Waals surface area contributed by atoms with Crippen LogP contribution in [0.2, 0.25) is 0 Å². The van der Waals surface area contributed by atoms with Crippen molar-refractivity contribution in [1.82, 2.24) is 5.06 Å². The molecule has 0 unspecified atom stereocenters. The number of nitrogens with zero attached hydrogens (tertiary/aromatic N) is 1. The molecule has 2 amide bonds. The quantitative estimate of drug-likeness (QED) is 0.801. The minimum Gasteiger partial charge on any atom is -0.374 e. The van der Waals surface area contributed by atoms with Gasteiger partial charge in [0.25, 0.3) is 11.8 Å². The Morgan fingerprint density at radius 2 is 1.68 bits per heavy atom. The lowest BCUT2D eigenvalue weighted by Gasteiger charge is -2.34. The number of rotatable bonds is 3. The molecule has 4 rings (SSSR count). The minimum atomic E-state index is -1.63. The van der Waals surface area contributed by atoms with Gasteiger partial charge in [-0.05, 0) is 29.8 Å². The van der Waals surface area contributed by atoms with Gasteiger partial charge in [0.15, 0.2) is 5.67 Å². The minimum absolute atomic E-state index is 0.0398. The molecule has 1 saturated heterocycles. The van der Waals surface area contributed by atoms with Gasteiger partial charge in [-0.1, -0.05) is 29.3 Å². The maximum absolute atomic E-state index is 14.4. The Bertz CT molecular complexity index is 871. The highest BCUT2D eigenvalue weighted by Crippen LogP contribution is 2.34. The molecule has 2 aliphatic rings. The summed E-state index contributed by atoms with van der Waals surface area (Å²) in [6.07, 6.45) is 0. The number of carbonyl (C=O) groups excluding carboxylic acids is 3. The fourth-order valence-corrected chi connectivity index (χ4v) is 2.76. The van der Waals surface area contributed by atoms with Gasteiger partial charge in [0.05, 0.1) is 29.9 Å². The first-order valence-electron chi connectivity index (χ1n) is 7.57. The summed E-state index contributed by atoms with van der Waals surface area (Å²) in [7, 11) is 0. The molecule has 0 N–H and O–H groups in total. The van der Waals surface area contributed by atoms with Crippen molar-refractivity contribution in [1.29, 1.82) is 0 Å². The number of halogens is 1. The van der Waals surface area contributed by atoms with Crippen LogP contribution in [0.4, 0.5) is 4.39 Å². The summed E-state index contributed by atoms with van der Waals surface area (Å²) in [5.41, 5.74) is -0.966. The van der Waals surface area contributed by atoms with Crippen molar-refractivity contribution in [2.75, 3.05) is 13.2 Å². The third-order valence-electron chi connectivity index (χ3n) is 4.21. The van der Waals surface area contributed by atoms with E-state index in [1.54, 1.807) is 18.2 Å². The predicted molar refractivity (Wildman–Crippen MR) is 82.4 cm³/mol. The lowest BCUT2D eigenvalue weighted by atomic mass is 9.93. The number of hydroxylamine groups is 2. The van der Waals surface area contributed by atoms with Crippen LogP contribution in [0.15, 0.2) is 48.5 Å². The molecule has 2 aromatic carbocycles. The van der Waals surface area contributed by atoms with Gasteiger partial charge in [0.2, 0.25) is 0 Å². The van der Waals surface area contributed by atoms with Crippen LogP contribution in [0.1, 0.15) is 36.6 Å². The lowest BCUT2D eigenvalue weighted by molar-refractivity contribution is -0.135. The van der Waals surface area contributed by atoms with E-state index in [0.29, 0.717) is 5.06 Å². The molecule has 0 atom stereocenters. The van der Waals surface area contributed by atoms with Crippen LogP contribution in [0, 0.1) is 0 Å².